The summed E-state index contributed by atoms with van der Waals surface area (Å²) in [4.78, 5) is 11.1. The Morgan fingerprint density at radius 2 is 1.94 bits per heavy atom. The van der Waals surface area contributed by atoms with Crippen LogP contribution in [0.2, 0.25) is 0 Å². The number of carboxylic acids is 1. The van der Waals surface area contributed by atoms with Gasteiger partial charge in [-0.2, -0.15) is 0 Å². The quantitative estimate of drug-likeness (QED) is 0.834. The van der Waals surface area contributed by atoms with Crippen LogP contribution in [-0.2, 0) is 4.79 Å². The second kappa shape index (κ2) is 4.88. The fourth-order valence-corrected chi connectivity index (χ4v) is 1.21. The van der Waals surface area contributed by atoms with Crippen LogP contribution in [0.4, 0.5) is 0 Å². The van der Waals surface area contributed by atoms with Gasteiger partial charge in [-0.05, 0) is 25.5 Å². The lowest BCUT2D eigenvalue weighted by Crippen LogP contribution is -2.40. The Labute approximate surface area is 94.8 Å². The monoisotopic (exact) mass is 224 g/mol. The van der Waals surface area contributed by atoms with Crippen molar-refractivity contribution in [2.75, 3.05) is 7.11 Å². The standard InChI is InChI=1S/C12H16O4/c1-4-12(2,11(13)14)16-10-8-6-5-7-9(10)15-3/h5-8H,4H2,1-3H3,(H,13,14). The van der Waals surface area contributed by atoms with Gasteiger partial charge in [0.1, 0.15) is 0 Å². The first kappa shape index (κ1) is 12.4. The largest absolute Gasteiger partial charge is 0.493 e. The van der Waals surface area contributed by atoms with Crippen LogP contribution in [-0.4, -0.2) is 23.8 Å². The molecular weight excluding hydrogens is 208 g/mol. The summed E-state index contributed by atoms with van der Waals surface area (Å²) >= 11 is 0. The highest BCUT2D eigenvalue weighted by Crippen LogP contribution is 2.30. The Kier molecular flexibility index (Phi) is 3.77. The number of hydrogen-bond donors (Lipinski definition) is 1. The maximum atomic E-state index is 11.1. The van der Waals surface area contributed by atoms with Crippen LogP contribution in [0.15, 0.2) is 24.3 Å². The molecule has 0 radical (unpaired) electrons. The van der Waals surface area contributed by atoms with Crippen molar-refractivity contribution in [3.8, 4) is 11.5 Å². The van der Waals surface area contributed by atoms with Gasteiger partial charge in [-0.25, -0.2) is 4.79 Å². The number of hydrogen-bond acceptors (Lipinski definition) is 3. The predicted octanol–water partition coefficient (Wildman–Crippen LogP) is 2.33. The Balaban J connectivity index is 2.98. The number of carboxylic acid groups (broad SMARTS) is 1. The zero-order valence-electron chi connectivity index (χ0n) is 9.69. The number of ether oxygens (including phenoxy) is 2. The first-order valence-corrected chi connectivity index (χ1v) is 5.09. The van der Waals surface area contributed by atoms with Crippen LogP contribution < -0.4 is 9.47 Å². The summed E-state index contributed by atoms with van der Waals surface area (Å²) < 4.78 is 10.6. The second-order valence-electron chi connectivity index (χ2n) is 3.64. The highest BCUT2D eigenvalue weighted by Gasteiger charge is 2.34. The summed E-state index contributed by atoms with van der Waals surface area (Å²) in [7, 11) is 1.52. The van der Waals surface area contributed by atoms with Crippen molar-refractivity contribution in [1.82, 2.24) is 0 Å². The van der Waals surface area contributed by atoms with E-state index in [1.54, 1.807) is 38.1 Å². The van der Waals surface area contributed by atoms with Crippen LogP contribution in [0.1, 0.15) is 20.3 Å². The number of para-hydroxylation sites is 2. The molecule has 0 saturated carbocycles. The summed E-state index contributed by atoms with van der Waals surface area (Å²) in [6, 6.07) is 6.99. The predicted molar refractivity (Wildman–Crippen MR) is 60.0 cm³/mol. The van der Waals surface area contributed by atoms with E-state index in [2.05, 4.69) is 0 Å². The fourth-order valence-electron chi connectivity index (χ4n) is 1.21. The van der Waals surface area contributed by atoms with Gasteiger partial charge in [0, 0.05) is 0 Å². The van der Waals surface area contributed by atoms with Crippen LogP contribution in [0.25, 0.3) is 0 Å². The molecule has 0 aromatic heterocycles. The number of benzene rings is 1. The summed E-state index contributed by atoms with van der Waals surface area (Å²) in [6.45, 7) is 3.31. The van der Waals surface area contributed by atoms with Gasteiger partial charge in [0.25, 0.3) is 0 Å². The van der Waals surface area contributed by atoms with Crippen molar-refractivity contribution in [2.24, 2.45) is 0 Å². The minimum Gasteiger partial charge on any atom is -0.493 e. The first-order valence-electron chi connectivity index (χ1n) is 5.09. The lowest BCUT2D eigenvalue weighted by Gasteiger charge is -2.25. The minimum absolute atomic E-state index is 0.375. The van der Waals surface area contributed by atoms with Crippen molar-refractivity contribution < 1.29 is 19.4 Å². The molecule has 1 aromatic rings. The Hall–Kier alpha value is -1.71. The number of carbonyl (C=O) groups is 1. The smallest absolute Gasteiger partial charge is 0.347 e. The molecule has 0 amide bonds. The van der Waals surface area contributed by atoms with Crippen molar-refractivity contribution >= 4 is 5.97 Å². The normalized spacial score (nSPS) is 13.9. The number of methoxy groups -OCH3 is 1. The maximum Gasteiger partial charge on any atom is 0.347 e. The lowest BCUT2D eigenvalue weighted by molar-refractivity contribution is -0.154. The molecule has 88 valence electrons. The highest BCUT2D eigenvalue weighted by atomic mass is 16.5. The van der Waals surface area contributed by atoms with Crippen LogP contribution >= 0.6 is 0 Å². The molecule has 0 aliphatic rings. The molecule has 0 saturated heterocycles. The second-order valence-corrected chi connectivity index (χ2v) is 3.64. The van der Waals surface area contributed by atoms with E-state index in [0.29, 0.717) is 17.9 Å². The van der Waals surface area contributed by atoms with E-state index in [-0.39, 0.29) is 0 Å². The third-order valence-corrected chi connectivity index (χ3v) is 2.53. The first-order chi connectivity index (χ1) is 7.53. The number of rotatable bonds is 5. The molecule has 1 unspecified atom stereocenters. The van der Waals surface area contributed by atoms with E-state index >= 15 is 0 Å². The summed E-state index contributed by atoms with van der Waals surface area (Å²) in [5.74, 6) is -0.0129. The van der Waals surface area contributed by atoms with Gasteiger partial charge < -0.3 is 14.6 Å². The maximum absolute atomic E-state index is 11.1. The van der Waals surface area contributed by atoms with E-state index in [4.69, 9.17) is 14.6 Å². The average molecular weight is 224 g/mol. The SMILES string of the molecule is CCC(C)(Oc1ccccc1OC)C(=O)O. The van der Waals surface area contributed by atoms with Crippen molar-refractivity contribution in [1.29, 1.82) is 0 Å². The molecule has 4 nitrogen and oxygen atoms in total. The molecule has 0 spiro atoms. The third-order valence-electron chi connectivity index (χ3n) is 2.53. The van der Waals surface area contributed by atoms with E-state index < -0.39 is 11.6 Å². The van der Waals surface area contributed by atoms with Crippen molar-refractivity contribution in [3.05, 3.63) is 24.3 Å². The highest BCUT2D eigenvalue weighted by molar-refractivity contribution is 5.77. The van der Waals surface area contributed by atoms with Gasteiger partial charge >= 0.3 is 5.97 Å². The zero-order valence-corrected chi connectivity index (χ0v) is 9.69. The van der Waals surface area contributed by atoms with Crippen molar-refractivity contribution in [3.63, 3.8) is 0 Å². The molecule has 0 aliphatic heterocycles. The minimum atomic E-state index is -1.23. The Morgan fingerprint density at radius 1 is 1.38 bits per heavy atom. The molecule has 0 heterocycles. The molecule has 1 N–H and O–H groups in total. The fraction of sp³-hybridized carbons (Fsp3) is 0.417. The van der Waals surface area contributed by atoms with E-state index in [9.17, 15) is 4.79 Å². The molecule has 1 atom stereocenters. The lowest BCUT2D eigenvalue weighted by atomic mass is 10.0. The van der Waals surface area contributed by atoms with Crippen molar-refractivity contribution in [2.45, 2.75) is 25.9 Å². The van der Waals surface area contributed by atoms with Gasteiger partial charge in [0.2, 0.25) is 5.60 Å². The molecular formula is C12H16O4. The van der Waals surface area contributed by atoms with E-state index in [1.165, 1.54) is 7.11 Å². The molecule has 1 rings (SSSR count). The Morgan fingerprint density at radius 3 is 2.38 bits per heavy atom. The summed E-state index contributed by atoms with van der Waals surface area (Å²) in [5.41, 5.74) is -1.23. The molecule has 1 aromatic carbocycles. The van der Waals surface area contributed by atoms with Gasteiger partial charge in [0.15, 0.2) is 11.5 Å². The number of aliphatic carboxylic acids is 1. The molecule has 0 aliphatic carbocycles. The average Bonchev–Trinajstić information content (AvgIpc) is 2.29. The van der Waals surface area contributed by atoms with Gasteiger partial charge in [-0.15, -0.1) is 0 Å². The van der Waals surface area contributed by atoms with Crippen LogP contribution in [0.5, 0.6) is 11.5 Å². The van der Waals surface area contributed by atoms with Gasteiger partial charge in [-0.1, -0.05) is 19.1 Å². The molecule has 4 heteroatoms. The van der Waals surface area contributed by atoms with E-state index in [1.807, 2.05) is 0 Å². The van der Waals surface area contributed by atoms with Gasteiger partial charge in [-0.3, -0.25) is 0 Å². The van der Waals surface area contributed by atoms with Crippen LogP contribution in [0.3, 0.4) is 0 Å². The topological polar surface area (TPSA) is 55.8 Å². The molecule has 0 bridgehead atoms. The molecule has 16 heavy (non-hydrogen) atoms. The van der Waals surface area contributed by atoms with Gasteiger partial charge in [0.05, 0.1) is 7.11 Å². The zero-order chi connectivity index (χ0) is 12.2. The third kappa shape index (κ3) is 2.45. The van der Waals surface area contributed by atoms with E-state index in [0.717, 1.165) is 0 Å². The molecule has 0 fully saturated rings. The Bertz CT molecular complexity index is 375. The van der Waals surface area contributed by atoms with Crippen LogP contribution in [0, 0.1) is 0 Å². The summed E-state index contributed by atoms with van der Waals surface area (Å²) in [5, 5.41) is 9.09. The summed E-state index contributed by atoms with van der Waals surface area (Å²) in [6.07, 6.45) is 0.375.